The summed E-state index contributed by atoms with van der Waals surface area (Å²) < 4.78 is 16.3. The first-order chi connectivity index (χ1) is 14.7. The molecule has 0 fully saturated rings. The summed E-state index contributed by atoms with van der Waals surface area (Å²) in [7, 11) is 0. The van der Waals surface area contributed by atoms with Crippen molar-refractivity contribution in [3.05, 3.63) is 40.5 Å². The first kappa shape index (κ1) is 20.4. The van der Waals surface area contributed by atoms with Crippen molar-refractivity contribution >= 4 is 33.3 Å². The number of aromatic nitrogens is 2. The number of nitrogens with zero attached hydrogens (tertiary/aromatic N) is 2. The Labute approximate surface area is 179 Å². The van der Waals surface area contributed by atoms with E-state index in [0.717, 1.165) is 23.1 Å². The summed E-state index contributed by atoms with van der Waals surface area (Å²) in [5.74, 6) is 1.45. The molecule has 0 spiro atoms. The predicted octanol–water partition coefficient (Wildman–Crippen LogP) is 4.06. The van der Waals surface area contributed by atoms with Gasteiger partial charge in [-0.15, -0.1) is 11.3 Å². The number of fused-ring (bicyclic) bond motifs is 3. The Hall–Kier alpha value is -2.87. The van der Waals surface area contributed by atoms with Gasteiger partial charge in [0.05, 0.1) is 12.0 Å². The van der Waals surface area contributed by atoms with Crippen LogP contribution < -0.4 is 15.2 Å². The number of hydrogen-bond donors (Lipinski definition) is 1. The first-order valence-electron chi connectivity index (χ1n) is 10.2. The Morgan fingerprint density at radius 3 is 2.67 bits per heavy atom. The van der Waals surface area contributed by atoms with Crippen molar-refractivity contribution in [1.29, 1.82) is 0 Å². The molecule has 2 aromatic heterocycles. The maximum absolute atomic E-state index is 12.1. The molecule has 1 aliphatic rings. The van der Waals surface area contributed by atoms with Crippen LogP contribution in [0.2, 0.25) is 0 Å². The van der Waals surface area contributed by atoms with Crippen LogP contribution in [0.25, 0.3) is 10.2 Å². The molecule has 0 bridgehead atoms. The summed E-state index contributed by atoms with van der Waals surface area (Å²) in [5, 5.41) is 0.975. The van der Waals surface area contributed by atoms with Crippen LogP contribution in [0.15, 0.2) is 24.3 Å². The van der Waals surface area contributed by atoms with Crippen molar-refractivity contribution in [2.45, 2.75) is 45.6 Å². The average molecular weight is 428 g/mol. The molecule has 3 aromatic rings. The molecule has 2 heterocycles. The van der Waals surface area contributed by atoms with E-state index >= 15 is 0 Å². The molecule has 0 radical (unpaired) electrons. The van der Waals surface area contributed by atoms with E-state index in [-0.39, 0.29) is 13.2 Å². The summed E-state index contributed by atoms with van der Waals surface area (Å²) >= 11 is 1.68. The number of carbonyl (C=O) groups excluding carboxylic acids is 1. The molecular formula is C22H25N3O4S. The van der Waals surface area contributed by atoms with Crippen molar-refractivity contribution in [1.82, 2.24) is 9.97 Å². The second-order valence-electron chi connectivity index (χ2n) is 7.10. The van der Waals surface area contributed by atoms with Gasteiger partial charge in [-0.1, -0.05) is 18.6 Å². The molecule has 1 aromatic carbocycles. The van der Waals surface area contributed by atoms with Gasteiger partial charge in [-0.25, -0.2) is 14.8 Å². The molecule has 158 valence electrons. The van der Waals surface area contributed by atoms with Gasteiger partial charge in [-0.2, -0.15) is 0 Å². The summed E-state index contributed by atoms with van der Waals surface area (Å²) in [4.78, 5) is 23.3. The minimum Gasteiger partial charge on any atom is -0.490 e. The maximum Gasteiger partial charge on any atom is 0.344 e. The SMILES string of the molecule is CCOc1ccccc1OCC(=O)OCc1nc(N)c2c3c(sc2n1)CCCCC3. The van der Waals surface area contributed by atoms with Crippen LogP contribution >= 0.6 is 11.3 Å². The van der Waals surface area contributed by atoms with Crippen LogP contribution in [-0.4, -0.2) is 29.2 Å². The van der Waals surface area contributed by atoms with Crippen molar-refractivity contribution < 1.29 is 19.0 Å². The zero-order valence-electron chi connectivity index (χ0n) is 17.0. The molecule has 7 nitrogen and oxygen atoms in total. The van der Waals surface area contributed by atoms with Crippen LogP contribution in [-0.2, 0) is 29.0 Å². The van der Waals surface area contributed by atoms with Gasteiger partial charge < -0.3 is 19.9 Å². The zero-order chi connectivity index (χ0) is 20.9. The fraction of sp³-hybridized carbons (Fsp3) is 0.409. The predicted molar refractivity (Wildman–Crippen MR) is 116 cm³/mol. The molecule has 0 unspecified atom stereocenters. The van der Waals surface area contributed by atoms with E-state index in [1.54, 1.807) is 23.5 Å². The zero-order valence-corrected chi connectivity index (χ0v) is 17.8. The molecule has 4 rings (SSSR count). The molecular weight excluding hydrogens is 402 g/mol. The van der Waals surface area contributed by atoms with E-state index < -0.39 is 5.97 Å². The topological polar surface area (TPSA) is 96.6 Å². The van der Waals surface area contributed by atoms with Crippen molar-refractivity contribution in [3.63, 3.8) is 0 Å². The summed E-state index contributed by atoms with van der Waals surface area (Å²) in [5.41, 5.74) is 7.54. The number of benzene rings is 1. The lowest BCUT2D eigenvalue weighted by atomic mass is 10.1. The molecule has 30 heavy (non-hydrogen) atoms. The van der Waals surface area contributed by atoms with E-state index in [1.165, 1.54) is 29.7 Å². The summed E-state index contributed by atoms with van der Waals surface area (Å²) in [6.45, 7) is 2.13. The van der Waals surface area contributed by atoms with Gasteiger partial charge in [0.25, 0.3) is 0 Å². The maximum atomic E-state index is 12.1. The number of ether oxygens (including phenoxy) is 3. The Kier molecular flexibility index (Phi) is 6.32. The lowest BCUT2D eigenvalue weighted by Gasteiger charge is -2.11. The molecule has 0 saturated heterocycles. The number of hydrogen-bond acceptors (Lipinski definition) is 8. The van der Waals surface area contributed by atoms with Crippen molar-refractivity contribution in [3.8, 4) is 11.5 Å². The number of anilines is 1. The fourth-order valence-electron chi connectivity index (χ4n) is 3.64. The van der Waals surface area contributed by atoms with Gasteiger partial charge in [0.1, 0.15) is 10.6 Å². The Morgan fingerprint density at radius 2 is 1.87 bits per heavy atom. The van der Waals surface area contributed by atoms with Crippen LogP contribution in [0.3, 0.4) is 0 Å². The monoisotopic (exact) mass is 427 g/mol. The third kappa shape index (κ3) is 4.48. The standard InChI is InChI=1S/C22H25N3O4S/c1-2-27-15-9-6-7-10-16(15)28-13-19(26)29-12-18-24-21(23)20-14-8-4-3-5-11-17(14)30-22(20)25-18/h6-7,9-10H,2-5,8,11-13H2,1H3,(H2,23,24,25). The van der Waals surface area contributed by atoms with E-state index in [4.69, 9.17) is 19.9 Å². The third-order valence-electron chi connectivity index (χ3n) is 5.00. The Balaban J connectivity index is 1.39. The highest BCUT2D eigenvalue weighted by Crippen LogP contribution is 2.37. The quantitative estimate of drug-likeness (QED) is 0.448. The Bertz CT molecular complexity index is 1050. The average Bonchev–Trinajstić information content (AvgIpc) is 2.93. The number of rotatable bonds is 7. The number of thiophene rings is 1. The number of carbonyl (C=O) groups is 1. The van der Waals surface area contributed by atoms with Gasteiger partial charge in [-0.05, 0) is 50.3 Å². The van der Waals surface area contributed by atoms with Gasteiger partial charge in [-0.3, -0.25) is 0 Å². The number of nitrogen functional groups attached to an aromatic ring is 1. The van der Waals surface area contributed by atoms with Crippen LogP contribution in [0, 0.1) is 0 Å². The third-order valence-corrected chi connectivity index (χ3v) is 6.18. The highest BCUT2D eigenvalue weighted by molar-refractivity contribution is 7.19. The van der Waals surface area contributed by atoms with E-state index in [2.05, 4.69) is 9.97 Å². The molecule has 2 N–H and O–H groups in total. The summed E-state index contributed by atoms with van der Waals surface area (Å²) in [6.07, 6.45) is 5.71. The number of nitrogens with two attached hydrogens (primary N) is 1. The van der Waals surface area contributed by atoms with E-state index in [0.29, 0.717) is 29.7 Å². The number of para-hydroxylation sites is 2. The minimum atomic E-state index is -0.509. The van der Waals surface area contributed by atoms with Gasteiger partial charge in [0, 0.05) is 4.88 Å². The lowest BCUT2D eigenvalue weighted by molar-refractivity contribution is -0.147. The normalized spacial score (nSPS) is 13.5. The van der Waals surface area contributed by atoms with Crippen LogP contribution in [0.5, 0.6) is 11.5 Å². The van der Waals surface area contributed by atoms with E-state index in [1.807, 2.05) is 19.1 Å². The second kappa shape index (κ2) is 9.30. The Morgan fingerprint density at radius 1 is 1.10 bits per heavy atom. The largest absolute Gasteiger partial charge is 0.490 e. The lowest BCUT2D eigenvalue weighted by Crippen LogP contribution is -2.16. The smallest absolute Gasteiger partial charge is 0.344 e. The highest BCUT2D eigenvalue weighted by atomic mass is 32.1. The van der Waals surface area contributed by atoms with Gasteiger partial charge >= 0.3 is 5.97 Å². The molecule has 0 saturated carbocycles. The van der Waals surface area contributed by atoms with Crippen LogP contribution in [0.4, 0.5) is 5.82 Å². The minimum absolute atomic E-state index is 0.0436. The van der Waals surface area contributed by atoms with Crippen molar-refractivity contribution in [2.75, 3.05) is 18.9 Å². The number of aryl methyl sites for hydroxylation is 2. The van der Waals surface area contributed by atoms with E-state index in [9.17, 15) is 4.79 Å². The fourth-order valence-corrected chi connectivity index (χ4v) is 4.93. The van der Waals surface area contributed by atoms with Crippen molar-refractivity contribution in [2.24, 2.45) is 0 Å². The number of esters is 1. The van der Waals surface area contributed by atoms with Crippen LogP contribution in [0.1, 0.15) is 42.5 Å². The molecule has 8 heteroatoms. The first-order valence-corrected chi connectivity index (χ1v) is 11.0. The molecule has 1 aliphatic carbocycles. The molecule has 0 amide bonds. The van der Waals surface area contributed by atoms with Gasteiger partial charge in [0.2, 0.25) is 0 Å². The molecule has 0 atom stereocenters. The second-order valence-corrected chi connectivity index (χ2v) is 8.18. The molecule has 0 aliphatic heterocycles. The highest BCUT2D eigenvalue weighted by Gasteiger charge is 2.19. The van der Waals surface area contributed by atoms with Gasteiger partial charge in [0.15, 0.2) is 30.5 Å². The summed E-state index contributed by atoms with van der Waals surface area (Å²) in [6, 6.07) is 7.20.